The van der Waals surface area contributed by atoms with Crippen molar-refractivity contribution in [3.05, 3.63) is 40.8 Å². The van der Waals surface area contributed by atoms with Crippen molar-refractivity contribution in [3.8, 4) is 0 Å². The molecule has 6 heteroatoms. The van der Waals surface area contributed by atoms with Crippen LogP contribution < -0.4 is 10.9 Å². The van der Waals surface area contributed by atoms with Gasteiger partial charge in [-0.25, -0.2) is 9.97 Å². The standard InChI is InChI=1S/C17H18N4S2/c1-22-17-18-15(21-20-11-7-3-2-4-8-11)14-12-9-5-6-10-13(12)23-16(14)19-17/h2-4,7-8,20H,5-6,9-10H2,1H3,(H,18,19,21). The van der Waals surface area contributed by atoms with E-state index in [1.807, 2.05) is 47.9 Å². The van der Waals surface area contributed by atoms with Gasteiger partial charge < -0.3 is 0 Å². The molecule has 0 radical (unpaired) electrons. The number of hydrogen-bond donors (Lipinski definition) is 2. The normalized spacial score (nSPS) is 13.8. The molecule has 3 aromatic rings. The van der Waals surface area contributed by atoms with E-state index in [1.165, 1.54) is 35.1 Å². The zero-order chi connectivity index (χ0) is 15.6. The Morgan fingerprint density at radius 3 is 2.70 bits per heavy atom. The van der Waals surface area contributed by atoms with Crippen molar-refractivity contribution in [2.24, 2.45) is 0 Å². The Morgan fingerprint density at radius 1 is 1.04 bits per heavy atom. The molecule has 0 saturated heterocycles. The average molecular weight is 342 g/mol. The Balaban J connectivity index is 1.75. The van der Waals surface area contributed by atoms with Crippen LogP contribution in [0.1, 0.15) is 23.3 Å². The molecule has 1 aliphatic carbocycles. The van der Waals surface area contributed by atoms with E-state index in [0.29, 0.717) is 0 Å². The molecule has 4 rings (SSSR count). The lowest BCUT2D eigenvalue weighted by Gasteiger charge is -2.14. The van der Waals surface area contributed by atoms with Gasteiger partial charge in [0.25, 0.3) is 0 Å². The van der Waals surface area contributed by atoms with Crippen molar-refractivity contribution in [1.82, 2.24) is 9.97 Å². The van der Waals surface area contributed by atoms with Gasteiger partial charge in [-0.3, -0.25) is 10.9 Å². The van der Waals surface area contributed by atoms with Crippen LogP contribution in [0, 0.1) is 0 Å². The van der Waals surface area contributed by atoms with Gasteiger partial charge in [-0.2, -0.15) is 0 Å². The zero-order valence-corrected chi connectivity index (χ0v) is 14.6. The van der Waals surface area contributed by atoms with E-state index in [2.05, 4.69) is 10.9 Å². The van der Waals surface area contributed by atoms with Crippen LogP contribution in [0.15, 0.2) is 35.5 Å². The first-order valence-corrected chi connectivity index (χ1v) is 9.82. The summed E-state index contributed by atoms with van der Waals surface area (Å²) < 4.78 is 0. The summed E-state index contributed by atoms with van der Waals surface area (Å²) in [7, 11) is 0. The maximum atomic E-state index is 4.72. The van der Waals surface area contributed by atoms with Crippen LogP contribution in [0.2, 0.25) is 0 Å². The van der Waals surface area contributed by atoms with Gasteiger partial charge in [-0.15, -0.1) is 11.3 Å². The minimum absolute atomic E-state index is 0.813. The number of fused-ring (bicyclic) bond motifs is 3. The van der Waals surface area contributed by atoms with Crippen LogP contribution in [-0.2, 0) is 12.8 Å². The number of benzene rings is 1. The molecule has 118 valence electrons. The lowest BCUT2D eigenvalue weighted by Crippen LogP contribution is -2.11. The number of hydrazine groups is 1. The van der Waals surface area contributed by atoms with Crippen LogP contribution in [0.5, 0.6) is 0 Å². The van der Waals surface area contributed by atoms with Crippen LogP contribution in [0.25, 0.3) is 10.2 Å². The van der Waals surface area contributed by atoms with Crippen molar-refractivity contribution < 1.29 is 0 Å². The molecule has 23 heavy (non-hydrogen) atoms. The summed E-state index contributed by atoms with van der Waals surface area (Å²) >= 11 is 3.41. The fourth-order valence-corrected chi connectivity index (χ4v) is 4.66. The third-order valence-electron chi connectivity index (χ3n) is 4.08. The lowest BCUT2D eigenvalue weighted by molar-refractivity contribution is 0.700. The lowest BCUT2D eigenvalue weighted by atomic mass is 9.97. The molecule has 0 bridgehead atoms. The van der Waals surface area contributed by atoms with E-state index in [9.17, 15) is 0 Å². The maximum absolute atomic E-state index is 4.72. The van der Waals surface area contributed by atoms with Crippen molar-refractivity contribution in [3.63, 3.8) is 0 Å². The molecular weight excluding hydrogens is 324 g/mol. The van der Waals surface area contributed by atoms with Gasteiger partial charge in [0.05, 0.1) is 11.1 Å². The van der Waals surface area contributed by atoms with E-state index in [4.69, 9.17) is 9.97 Å². The number of para-hydroxylation sites is 1. The fraction of sp³-hybridized carbons (Fsp3) is 0.294. The Morgan fingerprint density at radius 2 is 1.87 bits per heavy atom. The molecular formula is C17H18N4S2. The highest BCUT2D eigenvalue weighted by molar-refractivity contribution is 7.98. The van der Waals surface area contributed by atoms with E-state index < -0.39 is 0 Å². The third-order valence-corrected chi connectivity index (χ3v) is 5.81. The summed E-state index contributed by atoms with van der Waals surface area (Å²) in [5.41, 5.74) is 9.03. The first kappa shape index (κ1) is 14.8. The Kier molecular flexibility index (Phi) is 4.10. The van der Waals surface area contributed by atoms with Crippen molar-refractivity contribution in [2.45, 2.75) is 30.8 Å². The number of thiophene rings is 1. The van der Waals surface area contributed by atoms with E-state index in [0.717, 1.165) is 27.9 Å². The van der Waals surface area contributed by atoms with Gasteiger partial charge in [0.15, 0.2) is 11.0 Å². The molecule has 4 nitrogen and oxygen atoms in total. The number of nitrogens with zero attached hydrogens (tertiary/aromatic N) is 2. The number of aromatic nitrogens is 2. The number of nitrogens with one attached hydrogen (secondary N) is 2. The third kappa shape index (κ3) is 2.88. The summed E-state index contributed by atoms with van der Waals surface area (Å²) in [4.78, 5) is 12.0. The Hall–Kier alpha value is -1.79. The molecule has 2 N–H and O–H groups in total. The van der Waals surface area contributed by atoms with Crippen LogP contribution in [-0.4, -0.2) is 16.2 Å². The van der Waals surface area contributed by atoms with Gasteiger partial charge in [-0.05, 0) is 49.6 Å². The predicted octanol–water partition coefficient (Wildman–Crippen LogP) is 4.73. The highest BCUT2D eigenvalue weighted by atomic mass is 32.2. The number of anilines is 2. The molecule has 1 aliphatic rings. The highest BCUT2D eigenvalue weighted by Gasteiger charge is 2.21. The fourth-order valence-electron chi connectivity index (χ4n) is 2.97. The molecule has 0 fully saturated rings. The predicted molar refractivity (Wildman–Crippen MR) is 99.5 cm³/mol. The SMILES string of the molecule is CSc1nc(NNc2ccccc2)c2c3c(sc2n1)CCCC3. The molecule has 0 atom stereocenters. The molecule has 0 amide bonds. The number of hydrogen-bond acceptors (Lipinski definition) is 6. The molecule has 1 aromatic carbocycles. The number of rotatable bonds is 4. The molecule has 2 aromatic heterocycles. The minimum Gasteiger partial charge on any atom is -0.300 e. The Labute approximate surface area is 143 Å². The topological polar surface area (TPSA) is 49.8 Å². The molecule has 2 heterocycles. The second kappa shape index (κ2) is 6.37. The summed E-state index contributed by atoms with van der Waals surface area (Å²) in [6, 6.07) is 10.1. The van der Waals surface area contributed by atoms with E-state index >= 15 is 0 Å². The molecule has 0 saturated carbocycles. The van der Waals surface area contributed by atoms with Crippen LogP contribution in [0.4, 0.5) is 11.5 Å². The molecule has 0 unspecified atom stereocenters. The largest absolute Gasteiger partial charge is 0.300 e. The van der Waals surface area contributed by atoms with Gasteiger partial charge in [0.1, 0.15) is 4.83 Å². The first-order valence-electron chi connectivity index (χ1n) is 7.78. The highest BCUT2D eigenvalue weighted by Crippen LogP contribution is 2.39. The second-order valence-corrected chi connectivity index (χ2v) is 7.42. The maximum Gasteiger partial charge on any atom is 0.190 e. The minimum atomic E-state index is 0.813. The van der Waals surface area contributed by atoms with E-state index in [1.54, 1.807) is 11.8 Å². The second-order valence-electron chi connectivity index (χ2n) is 5.57. The van der Waals surface area contributed by atoms with Gasteiger partial charge in [-0.1, -0.05) is 30.0 Å². The van der Waals surface area contributed by atoms with E-state index in [-0.39, 0.29) is 0 Å². The quantitative estimate of drug-likeness (QED) is 0.408. The molecule has 0 spiro atoms. The monoisotopic (exact) mass is 342 g/mol. The van der Waals surface area contributed by atoms with Gasteiger partial charge >= 0.3 is 0 Å². The number of aryl methyl sites for hydroxylation is 2. The van der Waals surface area contributed by atoms with Crippen molar-refractivity contribution in [2.75, 3.05) is 17.1 Å². The zero-order valence-electron chi connectivity index (χ0n) is 12.9. The average Bonchev–Trinajstić information content (AvgIpc) is 2.99. The summed E-state index contributed by atoms with van der Waals surface area (Å²) in [5.74, 6) is 0.891. The van der Waals surface area contributed by atoms with Gasteiger partial charge in [0.2, 0.25) is 0 Å². The Bertz CT molecular complexity index is 829. The number of thioether (sulfide) groups is 1. The summed E-state index contributed by atoms with van der Waals surface area (Å²) in [6.07, 6.45) is 6.87. The van der Waals surface area contributed by atoms with Crippen LogP contribution >= 0.6 is 23.1 Å². The summed E-state index contributed by atoms with van der Waals surface area (Å²) in [5, 5.41) is 2.01. The first-order chi connectivity index (χ1) is 11.3. The molecule has 0 aliphatic heterocycles. The summed E-state index contributed by atoms with van der Waals surface area (Å²) in [6.45, 7) is 0. The van der Waals surface area contributed by atoms with Crippen molar-refractivity contribution in [1.29, 1.82) is 0 Å². The van der Waals surface area contributed by atoms with Crippen LogP contribution in [0.3, 0.4) is 0 Å². The van der Waals surface area contributed by atoms with Crippen molar-refractivity contribution >= 4 is 44.8 Å². The van der Waals surface area contributed by atoms with Gasteiger partial charge in [0, 0.05) is 4.88 Å². The smallest absolute Gasteiger partial charge is 0.190 e.